The zero-order chi connectivity index (χ0) is 17.9. The lowest BCUT2D eigenvalue weighted by molar-refractivity contribution is -0.384. The highest BCUT2D eigenvalue weighted by molar-refractivity contribution is 7.12. The van der Waals surface area contributed by atoms with Crippen molar-refractivity contribution in [3.8, 4) is 0 Å². The Labute approximate surface area is 146 Å². The summed E-state index contributed by atoms with van der Waals surface area (Å²) in [5, 5.41) is 15.1. The molecule has 1 aromatic heterocycles. The van der Waals surface area contributed by atoms with Crippen molar-refractivity contribution in [1.82, 2.24) is 0 Å². The average molecular weight is 369 g/mol. The first-order valence-electron chi connectivity index (χ1n) is 6.79. The first-order valence-corrected chi connectivity index (χ1v) is 8.05. The number of carbonyl (C=O) groups excluding carboxylic acids is 2. The van der Waals surface area contributed by atoms with E-state index in [1.54, 1.807) is 18.4 Å². The van der Waals surface area contributed by atoms with Crippen molar-refractivity contribution in [2.24, 2.45) is 0 Å². The molecule has 1 aromatic carbocycles. The van der Waals surface area contributed by atoms with E-state index in [4.69, 9.17) is 16.3 Å². The van der Waals surface area contributed by atoms with Crippen LogP contribution in [0.5, 0.6) is 0 Å². The molecule has 2 aromatic rings. The number of anilines is 1. The number of halogens is 1. The fourth-order valence-electron chi connectivity index (χ4n) is 1.81. The van der Waals surface area contributed by atoms with Gasteiger partial charge in [-0.3, -0.25) is 14.9 Å². The van der Waals surface area contributed by atoms with Crippen LogP contribution in [0.2, 0.25) is 5.02 Å². The first kappa shape index (κ1) is 17.9. The second-order valence-electron chi connectivity index (χ2n) is 4.89. The van der Waals surface area contributed by atoms with Crippen LogP contribution in [0.15, 0.2) is 29.6 Å². The van der Waals surface area contributed by atoms with Crippen LogP contribution in [0, 0.1) is 17.0 Å². The van der Waals surface area contributed by atoms with Gasteiger partial charge in [-0.1, -0.05) is 11.6 Å². The summed E-state index contributed by atoms with van der Waals surface area (Å²) >= 11 is 7.13. The van der Waals surface area contributed by atoms with Crippen LogP contribution in [0.1, 0.15) is 22.2 Å². The number of rotatable bonds is 5. The van der Waals surface area contributed by atoms with E-state index in [0.717, 1.165) is 11.6 Å². The van der Waals surface area contributed by atoms with E-state index in [2.05, 4.69) is 5.32 Å². The summed E-state index contributed by atoms with van der Waals surface area (Å²) in [5.74, 6) is -1.24. The van der Waals surface area contributed by atoms with Crippen LogP contribution in [-0.2, 0) is 9.53 Å². The Morgan fingerprint density at radius 3 is 2.67 bits per heavy atom. The van der Waals surface area contributed by atoms with Crippen molar-refractivity contribution in [3.63, 3.8) is 0 Å². The van der Waals surface area contributed by atoms with Crippen LogP contribution in [0.4, 0.5) is 11.4 Å². The Morgan fingerprint density at radius 1 is 1.38 bits per heavy atom. The van der Waals surface area contributed by atoms with E-state index in [-0.39, 0.29) is 16.4 Å². The predicted molar refractivity (Wildman–Crippen MR) is 90.7 cm³/mol. The number of hydrogen-bond donors (Lipinski definition) is 1. The van der Waals surface area contributed by atoms with E-state index in [0.29, 0.717) is 4.88 Å². The van der Waals surface area contributed by atoms with Crippen LogP contribution < -0.4 is 5.32 Å². The number of amides is 1. The number of hydrogen-bond acceptors (Lipinski definition) is 6. The van der Waals surface area contributed by atoms with Crippen LogP contribution in [0.25, 0.3) is 0 Å². The lowest BCUT2D eigenvalue weighted by Crippen LogP contribution is -2.30. The number of nitrogens with zero attached hydrogens (tertiary/aromatic N) is 1. The molecule has 2 rings (SSSR count). The van der Waals surface area contributed by atoms with Gasteiger partial charge in [-0.15, -0.1) is 11.3 Å². The van der Waals surface area contributed by atoms with Gasteiger partial charge in [-0.2, -0.15) is 0 Å². The molecule has 0 aliphatic carbocycles. The highest BCUT2D eigenvalue weighted by Crippen LogP contribution is 2.27. The monoisotopic (exact) mass is 368 g/mol. The molecular weight excluding hydrogens is 356 g/mol. The normalized spacial score (nSPS) is 11.6. The second-order valence-corrected chi connectivity index (χ2v) is 6.21. The predicted octanol–water partition coefficient (Wildman–Crippen LogP) is 3.80. The second kappa shape index (κ2) is 7.41. The van der Waals surface area contributed by atoms with E-state index in [1.165, 1.54) is 30.4 Å². The summed E-state index contributed by atoms with van der Waals surface area (Å²) in [5.41, 5.74) is 0.624. The minimum absolute atomic E-state index is 0.0751. The van der Waals surface area contributed by atoms with Gasteiger partial charge in [-0.25, -0.2) is 4.79 Å². The smallest absolute Gasteiger partial charge is 0.349 e. The van der Waals surface area contributed by atoms with Crippen molar-refractivity contribution in [2.45, 2.75) is 20.0 Å². The fourth-order valence-corrected chi connectivity index (χ4v) is 2.78. The number of carbonyl (C=O) groups is 2. The Balaban J connectivity index is 2.07. The van der Waals surface area contributed by atoms with E-state index < -0.39 is 22.9 Å². The highest BCUT2D eigenvalue weighted by atomic mass is 35.5. The zero-order valence-corrected chi connectivity index (χ0v) is 14.3. The van der Waals surface area contributed by atoms with Gasteiger partial charge in [0.05, 0.1) is 15.6 Å². The van der Waals surface area contributed by atoms with Crippen LogP contribution in [-0.4, -0.2) is 22.9 Å². The molecule has 1 unspecified atom stereocenters. The van der Waals surface area contributed by atoms with Gasteiger partial charge >= 0.3 is 5.97 Å². The highest BCUT2D eigenvalue weighted by Gasteiger charge is 2.22. The Kier molecular flexibility index (Phi) is 5.53. The van der Waals surface area contributed by atoms with Gasteiger partial charge in [0.1, 0.15) is 4.88 Å². The zero-order valence-electron chi connectivity index (χ0n) is 12.7. The molecule has 1 N–H and O–H groups in total. The Morgan fingerprint density at radius 2 is 2.08 bits per heavy atom. The van der Waals surface area contributed by atoms with Gasteiger partial charge in [0.15, 0.2) is 6.10 Å². The van der Waals surface area contributed by atoms with Crippen LogP contribution in [0.3, 0.4) is 0 Å². The molecule has 126 valence electrons. The third-order valence-corrected chi connectivity index (χ3v) is 4.45. The summed E-state index contributed by atoms with van der Waals surface area (Å²) in [6.45, 7) is 3.17. The number of thiophene rings is 1. The van der Waals surface area contributed by atoms with Gasteiger partial charge in [0.2, 0.25) is 0 Å². The molecule has 1 heterocycles. The fraction of sp³-hybridized carbons (Fsp3) is 0.200. The maximum absolute atomic E-state index is 12.1. The third kappa shape index (κ3) is 4.09. The summed E-state index contributed by atoms with van der Waals surface area (Å²) < 4.78 is 5.11. The summed E-state index contributed by atoms with van der Waals surface area (Å²) in [7, 11) is 0. The summed E-state index contributed by atoms with van der Waals surface area (Å²) in [6.07, 6.45) is -1.09. The number of ether oxygens (including phenoxy) is 1. The number of nitro groups is 1. The van der Waals surface area contributed by atoms with Crippen molar-refractivity contribution in [1.29, 1.82) is 0 Å². The minimum atomic E-state index is -1.09. The lowest BCUT2D eigenvalue weighted by Gasteiger charge is -2.14. The molecule has 0 bridgehead atoms. The van der Waals surface area contributed by atoms with Crippen molar-refractivity contribution < 1.29 is 19.2 Å². The maximum Gasteiger partial charge on any atom is 0.349 e. The molecule has 0 saturated heterocycles. The number of nitrogens with one attached hydrogen (secondary N) is 1. The number of nitro benzene ring substituents is 1. The number of aryl methyl sites for hydroxylation is 1. The largest absolute Gasteiger partial charge is 0.448 e. The van der Waals surface area contributed by atoms with Gasteiger partial charge in [-0.05, 0) is 36.9 Å². The lowest BCUT2D eigenvalue weighted by atomic mass is 10.2. The topological polar surface area (TPSA) is 98.5 Å². The van der Waals surface area contributed by atoms with E-state index in [1.807, 2.05) is 0 Å². The van der Waals surface area contributed by atoms with Crippen molar-refractivity contribution in [2.75, 3.05) is 5.32 Å². The average Bonchev–Trinajstić information content (AvgIpc) is 2.95. The van der Waals surface area contributed by atoms with E-state index in [9.17, 15) is 19.7 Å². The summed E-state index contributed by atoms with van der Waals surface area (Å²) in [4.78, 5) is 34.7. The number of esters is 1. The first-order chi connectivity index (χ1) is 11.3. The summed E-state index contributed by atoms with van der Waals surface area (Å²) in [6, 6.07) is 5.44. The SMILES string of the molecule is Cc1ccsc1C(=O)OC(C)C(=O)Nc1cc([N+](=O)[O-])ccc1Cl. The molecule has 0 fully saturated rings. The number of benzene rings is 1. The van der Waals surface area contributed by atoms with Crippen molar-refractivity contribution in [3.05, 3.63) is 55.2 Å². The minimum Gasteiger partial charge on any atom is -0.448 e. The molecule has 24 heavy (non-hydrogen) atoms. The Bertz CT molecular complexity index is 805. The van der Waals surface area contributed by atoms with Gasteiger partial charge < -0.3 is 10.1 Å². The molecule has 0 aliphatic rings. The molecule has 7 nitrogen and oxygen atoms in total. The molecule has 0 saturated carbocycles. The molecule has 1 amide bonds. The number of non-ortho nitro benzene ring substituents is 1. The van der Waals surface area contributed by atoms with Gasteiger partial charge in [0, 0.05) is 12.1 Å². The van der Waals surface area contributed by atoms with Crippen molar-refractivity contribution >= 4 is 46.2 Å². The Hall–Kier alpha value is -2.45. The molecule has 0 spiro atoms. The molecule has 9 heteroatoms. The standard InChI is InChI=1S/C15H13ClN2O5S/c1-8-5-6-24-13(8)15(20)23-9(2)14(19)17-12-7-10(18(21)22)3-4-11(12)16/h3-7,9H,1-2H3,(H,17,19). The maximum atomic E-state index is 12.1. The molecule has 1 atom stereocenters. The third-order valence-electron chi connectivity index (χ3n) is 3.12. The molecule has 0 radical (unpaired) electrons. The van der Waals surface area contributed by atoms with Crippen LogP contribution >= 0.6 is 22.9 Å². The molecular formula is C15H13ClN2O5S. The quantitative estimate of drug-likeness (QED) is 0.491. The van der Waals surface area contributed by atoms with E-state index >= 15 is 0 Å². The molecule has 0 aliphatic heterocycles. The van der Waals surface area contributed by atoms with Gasteiger partial charge in [0.25, 0.3) is 11.6 Å².